The first-order valence-corrected chi connectivity index (χ1v) is 9.63. The topological polar surface area (TPSA) is 41.4 Å². The number of aryl methyl sites for hydroxylation is 2. The van der Waals surface area contributed by atoms with Crippen molar-refractivity contribution < 1.29 is 0 Å². The highest BCUT2D eigenvalue weighted by Gasteiger charge is 2.32. The second-order valence-electron chi connectivity index (χ2n) is 7.81. The number of hydrogen-bond acceptors (Lipinski definition) is 4. The number of fused-ring (bicyclic) bond motifs is 1. The molecule has 1 saturated carbocycles. The zero-order valence-electron chi connectivity index (χ0n) is 16.2. The zero-order chi connectivity index (χ0) is 18.4. The molecular weight excluding hydrogens is 324 g/mol. The fraction of sp³-hybridized carbons (Fsp3) is 0.524. The number of nitrogens with zero attached hydrogens (tertiary/aromatic N) is 4. The Bertz CT molecular complexity index is 896. The molecule has 2 aromatic rings. The van der Waals surface area contributed by atoms with Crippen molar-refractivity contribution in [1.82, 2.24) is 14.5 Å². The van der Waals surface area contributed by atoms with E-state index in [0.717, 1.165) is 29.6 Å². The van der Waals surface area contributed by atoms with Crippen LogP contribution in [0.3, 0.4) is 0 Å². The van der Waals surface area contributed by atoms with Crippen LogP contribution in [0.5, 0.6) is 0 Å². The molecule has 138 valence electrons. The van der Waals surface area contributed by atoms with Gasteiger partial charge >= 0.3 is 0 Å². The maximum absolute atomic E-state index is 13.0. The zero-order valence-corrected chi connectivity index (χ0v) is 16.2. The van der Waals surface area contributed by atoms with Crippen LogP contribution in [-0.4, -0.2) is 27.2 Å². The highest BCUT2D eigenvalue weighted by Crippen LogP contribution is 2.34. The first-order chi connectivity index (χ1) is 12.5. The molecule has 2 heterocycles. The van der Waals surface area contributed by atoms with Crippen LogP contribution in [0.4, 0.5) is 11.6 Å². The van der Waals surface area contributed by atoms with Gasteiger partial charge in [0.25, 0.3) is 5.56 Å². The normalized spacial score (nSPS) is 18.4. The predicted molar refractivity (Wildman–Crippen MR) is 105 cm³/mol. The lowest BCUT2D eigenvalue weighted by molar-refractivity contribution is 0.138. The Morgan fingerprint density at radius 3 is 2.46 bits per heavy atom. The minimum absolute atomic E-state index is 0.0884. The summed E-state index contributed by atoms with van der Waals surface area (Å²) in [5, 5.41) is 0. The summed E-state index contributed by atoms with van der Waals surface area (Å²) in [5.74, 6) is 0.779. The lowest BCUT2D eigenvalue weighted by Crippen LogP contribution is -2.51. The molecule has 1 aromatic heterocycles. The Kier molecular flexibility index (Phi) is 4.35. The van der Waals surface area contributed by atoms with Crippen molar-refractivity contribution in [3.63, 3.8) is 0 Å². The minimum atomic E-state index is 0.0884. The summed E-state index contributed by atoms with van der Waals surface area (Å²) in [4.78, 5) is 22.5. The van der Waals surface area contributed by atoms with Crippen molar-refractivity contribution in [2.75, 3.05) is 11.6 Å². The van der Waals surface area contributed by atoms with Crippen molar-refractivity contribution in [2.45, 2.75) is 66.1 Å². The summed E-state index contributed by atoms with van der Waals surface area (Å²) in [5.41, 5.74) is 5.33. The summed E-state index contributed by atoms with van der Waals surface area (Å²) in [6, 6.07) is 6.93. The second-order valence-corrected chi connectivity index (χ2v) is 7.81. The fourth-order valence-electron chi connectivity index (χ4n) is 4.26. The molecule has 5 heteroatoms. The van der Waals surface area contributed by atoms with Crippen LogP contribution < -0.4 is 10.5 Å². The lowest BCUT2D eigenvalue weighted by atomic mass is 10.1. The van der Waals surface area contributed by atoms with Crippen LogP contribution in [-0.2, 0) is 6.67 Å². The number of anilines is 2. The molecule has 1 aliphatic heterocycles. The van der Waals surface area contributed by atoms with Gasteiger partial charge in [-0.1, -0.05) is 25.0 Å². The molecule has 1 aromatic carbocycles. The van der Waals surface area contributed by atoms with Gasteiger partial charge in [0.1, 0.15) is 0 Å². The van der Waals surface area contributed by atoms with E-state index in [-0.39, 0.29) is 5.56 Å². The van der Waals surface area contributed by atoms with Crippen molar-refractivity contribution >= 4 is 11.6 Å². The number of rotatable bonds is 2. The summed E-state index contributed by atoms with van der Waals surface area (Å²) in [6.07, 6.45) is 5.03. The van der Waals surface area contributed by atoms with Crippen LogP contribution in [0.25, 0.3) is 0 Å². The third-order valence-electron chi connectivity index (χ3n) is 6.21. The van der Waals surface area contributed by atoms with Crippen molar-refractivity contribution in [3.05, 3.63) is 50.9 Å². The maximum atomic E-state index is 13.0. The molecule has 0 bridgehead atoms. The predicted octanol–water partition coefficient (Wildman–Crippen LogP) is 3.79. The molecule has 1 fully saturated rings. The SMILES string of the molecule is Cc1cccc(N2CN(C3CCCC3)Cn3c2nc(C)c(C)c3=O)c1C. The fourth-order valence-corrected chi connectivity index (χ4v) is 4.26. The van der Waals surface area contributed by atoms with Gasteiger partial charge in [0, 0.05) is 23.0 Å². The van der Waals surface area contributed by atoms with Crippen LogP contribution in [0.15, 0.2) is 23.0 Å². The van der Waals surface area contributed by atoms with Gasteiger partial charge in [0.05, 0.1) is 13.3 Å². The van der Waals surface area contributed by atoms with Gasteiger partial charge in [-0.2, -0.15) is 0 Å². The van der Waals surface area contributed by atoms with Gasteiger partial charge in [0.15, 0.2) is 0 Å². The average Bonchev–Trinajstić information content (AvgIpc) is 3.16. The largest absolute Gasteiger partial charge is 0.298 e. The Morgan fingerprint density at radius 1 is 1.00 bits per heavy atom. The first kappa shape index (κ1) is 17.3. The average molecular weight is 352 g/mol. The van der Waals surface area contributed by atoms with Crippen molar-refractivity contribution in [1.29, 1.82) is 0 Å². The molecule has 4 rings (SSSR count). The van der Waals surface area contributed by atoms with Crippen LogP contribution in [0.1, 0.15) is 48.1 Å². The Hall–Kier alpha value is -2.14. The minimum Gasteiger partial charge on any atom is -0.298 e. The van der Waals surface area contributed by atoms with E-state index in [0.29, 0.717) is 12.7 Å². The van der Waals surface area contributed by atoms with E-state index >= 15 is 0 Å². The number of hydrogen-bond donors (Lipinski definition) is 0. The van der Waals surface area contributed by atoms with E-state index in [9.17, 15) is 4.79 Å². The molecule has 2 aliphatic rings. The van der Waals surface area contributed by atoms with E-state index in [1.54, 1.807) is 0 Å². The van der Waals surface area contributed by atoms with Gasteiger partial charge in [-0.25, -0.2) is 4.98 Å². The highest BCUT2D eigenvalue weighted by atomic mass is 16.1. The van der Waals surface area contributed by atoms with Crippen molar-refractivity contribution in [2.24, 2.45) is 0 Å². The van der Waals surface area contributed by atoms with Crippen LogP contribution in [0.2, 0.25) is 0 Å². The molecule has 26 heavy (non-hydrogen) atoms. The molecule has 1 aliphatic carbocycles. The smallest absolute Gasteiger partial charge is 0.259 e. The molecule has 0 radical (unpaired) electrons. The van der Waals surface area contributed by atoms with Crippen LogP contribution >= 0.6 is 0 Å². The summed E-state index contributed by atoms with van der Waals surface area (Å²) >= 11 is 0. The molecule has 0 saturated heterocycles. The highest BCUT2D eigenvalue weighted by molar-refractivity contribution is 5.64. The van der Waals surface area contributed by atoms with Gasteiger partial charge in [0.2, 0.25) is 5.95 Å². The van der Waals surface area contributed by atoms with Gasteiger partial charge in [-0.15, -0.1) is 0 Å². The number of benzene rings is 1. The van der Waals surface area contributed by atoms with E-state index < -0.39 is 0 Å². The third kappa shape index (κ3) is 2.75. The van der Waals surface area contributed by atoms with E-state index in [4.69, 9.17) is 4.98 Å². The van der Waals surface area contributed by atoms with Crippen LogP contribution in [0, 0.1) is 27.7 Å². The molecule has 0 atom stereocenters. The summed E-state index contributed by atoms with van der Waals surface area (Å²) in [7, 11) is 0. The molecule has 0 unspecified atom stereocenters. The Morgan fingerprint density at radius 2 is 1.73 bits per heavy atom. The standard InChI is InChI=1S/C21H28N4O/c1-14-8-7-11-19(15(14)2)24-12-23(18-9-5-6-10-18)13-25-20(26)16(3)17(4)22-21(24)25/h7-8,11,18H,5-6,9-10,12-13H2,1-4H3. The lowest BCUT2D eigenvalue weighted by Gasteiger charge is -2.41. The second kappa shape index (κ2) is 6.54. The van der Waals surface area contributed by atoms with Gasteiger partial charge in [-0.3, -0.25) is 19.2 Å². The van der Waals surface area contributed by atoms with Gasteiger partial charge < -0.3 is 0 Å². The van der Waals surface area contributed by atoms with Crippen molar-refractivity contribution in [3.8, 4) is 0 Å². The maximum Gasteiger partial charge on any atom is 0.259 e. The van der Waals surface area contributed by atoms with Gasteiger partial charge in [-0.05, 0) is 57.7 Å². The summed E-state index contributed by atoms with van der Waals surface area (Å²) in [6.45, 7) is 9.55. The first-order valence-electron chi connectivity index (χ1n) is 9.63. The molecular formula is C21H28N4O. The molecule has 5 nitrogen and oxygen atoms in total. The quantitative estimate of drug-likeness (QED) is 0.825. The molecule has 0 spiro atoms. The van der Waals surface area contributed by atoms with E-state index in [1.165, 1.54) is 36.8 Å². The monoisotopic (exact) mass is 352 g/mol. The molecule has 0 amide bonds. The van der Waals surface area contributed by atoms with E-state index in [1.807, 2.05) is 18.4 Å². The Labute approximate surface area is 155 Å². The molecule has 0 N–H and O–H groups in total. The third-order valence-corrected chi connectivity index (χ3v) is 6.21. The summed E-state index contributed by atoms with van der Waals surface area (Å²) < 4.78 is 1.87. The Balaban J connectivity index is 1.87. The number of aromatic nitrogens is 2. The van der Waals surface area contributed by atoms with E-state index in [2.05, 4.69) is 41.8 Å².